The van der Waals surface area contributed by atoms with Crippen LogP contribution in [0.5, 0.6) is 0 Å². The molecule has 0 saturated carbocycles. The smallest absolute Gasteiger partial charge is 0.293 e. The molecule has 1 aromatic heterocycles. The zero-order valence-corrected chi connectivity index (χ0v) is 14.6. The first kappa shape index (κ1) is 18.1. The molecule has 2 rings (SSSR count). The van der Waals surface area contributed by atoms with Crippen LogP contribution in [0.4, 0.5) is 0 Å². The molecule has 0 spiro atoms. The highest BCUT2D eigenvalue weighted by atomic mass is 79.9. The number of ether oxygens (including phenoxy) is 1. The maximum absolute atomic E-state index is 9.60. The minimum atomic E-state index is -0.318. The van der Waals surface area contributed by atoms with E-state index in [1.54, 1.807) is 0 Å². The Kier molecular flexibility index (Phi) is 7.89. The summed E-state index contributed by atoms with van der Waals surface area (Å²) >= 11 is 3.35. The van der Waals surface area contributed by atoms with Gasteiger partial charge < -0.3 is 10.1 Å². The van der Waals surface area contributed by atoms with E-state index in [1.807, 2.05) is 33.0 Å². The number of nitrogens with zero attached hydrogens (tertiary/aromatic N) is 1. The number of hydrogen-bond acceptors (Lipinski definition) is 4. The number of carbonyl (C=O) groups is 1. The second kappa shape index (κ2) is 9.15. The Hall–Kier alpha value is -0.940. The van der Waals surface area contributed by atoms with Gasteiger partial charge in [-0.3, -0.25) is 4.79 Å². The van der Waals surface area contributed by atoms with Crippen LogP contribution in [0.25, 0.3) is 0 Å². The molecule has 118 valence electrons. The van der Waals surface area contributed by atoms with Crippen molar-refractivity contribution in [3.8, 4) is 0 Å². The van der Waals surface area contributed by atoms with Crippen LogP contribution in [-0.2, 0) is 16.0 Å². The van der Waals surface area contributed by atoms with Crippen LogP contribution < -0.4 is 5.32 Å². The topological polar surface area (TPSA) is 51.2 Å². The standard InChI is InChI=1S/C11H15BrN2.C5H10O2/c12-11-2-1-10(8-14-11)7-9-3-5-13-6-4-9;1-5(2,3)7-4-6/h1-2,8-9,13H,3-7H2;4H,1-3H3. The fraction of sp³-hybridized carbons (Fsp3) is 0.625. The van der Waals surface area contributed by atoms with Crippen LogP contribution in [0.1, 0.15) is 39.2 Å². The van der Waals surface area contributed by atoms with Gasteiger partial charge in [-0.1, -0.05) is 6.07 Å². The first-order chi connectivity index (χ1) is 9.90. The first-order valence-corrected chi connectivity index (χ1v) is 8.12. The van der Waals surface area contributed by atoms with E-state index in [0.717, 1.165) is 10.5 Å². The Balaban J connectivity index is 0.000000270. The summed E-state index contributed by atoms with van der Waals surface area (Å²) in [5.74, 6) is 0.847. The van der Waals surface area contributed by atoms with Gasteiger partial charge in [-0.15, -0.1) is 0 Å². The second-order valence-corrected chi connectivity index (χ2v) is 7.03. The molecule has 0 bridgehead atoms. The maximum Gasteiger partial charge on any atom is 0.293 e. The van der Waals surface area contributed by atoms with Gasteiger partial charge in [0.05, 0.1) is 0 Å². The molecule has 0 amide bonds. The third-order valence-electron chi connectivity index (χ3n) is 3.17. The molecule has 0 atom stereocenters. The molecule has 5 heteroatoms. The molecule has 1 aliphatic rings. The molecule has 1 N–H and O–H groups in total. The number of carbonyl (C=O) groups excluding carboxylic acids is 1. The van der Waals surface area contributed by atoms with Crippen molar-refractivity contribution in [1.29, 1.82) is 0 Å². The van der Waals surface area contributed by atoms with Crippen molar-refractivity contribution >= 4 is 22.4 Å². The minimum absolute atomic E-state index is 0.318. The highest BCUT2D eigenvalue weighted by molar-refractivity contribution is 9.10. The molecule has 21 heavy (non-hydrogen) atoms. The molecule has 0 radical (unpaired) electrons. The van der Waals surface area contributed by atoms with Gasteiger partial charge >= 0.3 is 0 Å². The Morgan fingerprint density at radius 1 is 1.38 bits per heavy atom. The molecule has 1 fully saturated rings. The summed E-state index contributed by atoms with van der Waals surface area (Å²) in [5, 5.41) is 3.39. The molecular formula is C16H25BrN2O2. The van der Waals surface area contributed by atoms with Crippen molar-refractivity contribution in [2.75, 3.05) is 13.1 Å². The normalized spacial score (nSPS) is 15.8. The Labute approximate surface area is 135 Å². The van der Waals surface area contributed by atoms with Crippen LogP contribution in [0.3, 0.4) is 0 Å². The lowest BCUT2D eigenvalue weighted by molar-refractivity contribution is -0.138. The summed E-state index contributed by atoms with van der Waals surface area (Å²) in [5.41, 5.74) is 1.04. The molecular weight excluding hydrogens is 332 g/mol. The van der Waals surface area contributed by atoms with Crippen molar-refractivity contribution < 1.29 is 9.53 Å². The lowest BCUT2D eigenvalue weighted by Crippen LogP contribution is -2.28. The molecule has 4 nitrogen and oxygen atoms in total. The van der Waals surface area contributed by atoms with Gasteiger partial charge in [0, 0.05) is 6.20 Å². The number of aromatic nitrogens is 1. The second-order valence-electron chi connectivity index (χ2n) is 6.21. The highest BCUT2D eigenvalue weighted by Crippen LogP contribution is 2.18. The predicted octanol–water partition coefficient (Wildman–Crippen LogP) is 3.34. The highest BCUT2D eigenvalue weighted by Gasteiger charge is 2.13. The van der Waals surface area contributed by atoms with E-state index < -0.39 is 0 Å². The van der Waals surface area contributed by atoms with Crippen molar-refractivity contribution in [3.05, 3.63) is 28.5 Å². The summed E-state index contributed by atoms with van der Waals surface area (Å²) in [6.07, 6.45) is 5.76. The monoisotopic (exact) mass is 356 g/mol. The Bertz CT molecular complexity index is 409. The van der Waals surface area contributed by atoms with Gasteiger partial charge in [0.15, 0.2) is 0 Å². The lowest BCUT2D eigenvalue weighted by Gasteiger charge is -2.22. The average Bonchev–Trinajstić information content (AvgIpc) is 2.42. The summed E-state index contributed by atoms with van der Waals surface area (Å²) < 4.78 is 5.47. The fourth-order valence-electron chi connectivity index (χ4n) is 2.09. The van der Waals surface area contributed by atoms with E-state index in [9.17, 15) is 4.79 Å². The summed E-state index contributed by atoms with van der Waals surface area (Å²) in [4.78, 5) is 13.8. The van der Waals surface area contributed by atoms with Gasteiger partial charge in [-0.25, -0.2) is 4.98 Å². The summed E-state index contributed by atoms with van der Waals surface area (Å²) in [7, 11) is 0. The molecule has 1 aromatic rings. The van der Waals surface area contributed by atoms with Gasteiger partial charge in [0.2, 0.25) is 0 Å². The number of halogens is 1. The summed E-state index contributed by atoms with van der Waals surface area (Å²) in [6, 6.07) is 4.19. The van der Waals surface area contributed by atoms with Crippen molar-refractivity contribution in [1.82, 2.24) is 10.3 Å². The Morgan fingerprint density at radius 3 is 2.48 bits per heavy atom. The largest absolute Gasteiger partial charge is 0.462 e. The van der Waals surface area contributed by atoms with E-state index in [-0.39, 0.29) is 5.60 Å². The number of piperidine rings is 1. The van der Waals surface area contributed by atoms with Crippen LogP contribution in [0.2, 0.25) is 0 Å². The van der Waals surface area contributed by atoms with Gasteiger partial charge in [-0.2, -0.15) is 0 Å². The number of pyridine rings is 1. The minimum Gasteiger partial charge on any atom is -0.462 e. The number of rotatable bonds is 3. The average molecular weight is 357 g/mol. The maximum atomic E-state index is 9.60. The number of hydrogen-bond donors (Lipinski definition) is 1. The van der Waals surface area contributed by atoms with Gasteiger partial charge in [0.1, 0.15) is 10.2 Å². The molecule has 0 aliphatic carbocycles. The number of nitrogens with one attached hydrogen (secondary N) is 1. The zero-order valence-electron chi connectivity index (χ0n) is 13.1. The molecule has 1 saturated heterocycles. The zero-order chi connectivity index (χ0) is 15.7. The van der Waals surface area contributed by atoms with E-state index in [4.69, 9.17) is 0 Å². The van der Waals surface area contributed by atoms with Crippen molar-refractivity contribution in [2.45, 2.75) is 45.6 Å². The van der Waals surface area contributed by atoms with Gasteiger partial charge in [-0.05, 0) is 86.6 Å². The third-order valence-corrected chi connectivity index (χ3v) is 3.64. The quantitative estimate of drug-likeness (QED) is 0.666. The fourth-order valence-corrected chi connectivity index (χ4v) is 2.33. The molecule has 1 aliphatic heterocycles. The first-order valence-electron chi connectivity index (χ1n) is 7.33. The van der Waals surface area contributed by atoms with Crippen molar-refractivity contribution in [3.63, 3.8) is 0 Å². The third kappa shape index (κ3) is 8.83. The van der Waals surface area contributed by atoms with Crippen molar-refractivity contribution in [2.24, 2.45) is 5.92 Å². The van der Waals surface area contributed by atoms with E-state index in [1.165, 1.54) is 37.9 Å². The van der Waals surface area contributed by atoms with Crippen LogP contribution in [0, 0.1) is 5.92 Å². The van der Waals surface area contributed by atoms with Crippen LogP contribution >= 0.6 is 15.9 Å². The van der Waals surface area contributed by atoms with Gasteiger partial charge in [0.25, 0.3) is 6.47 Å². The molecule has 0 unspecified atom stereocenters. The lowest BCUT2D eigenvalue weighted by atomic mass is 9.92. The Morgan fingerprint density at radius 2 is 2.05 bits per heavy atom. The van der Waals surface area contributed by atoms with E-state index >= 15 is 0 Å². The SMILES string of the molecule is Brc1ccc(CC2CCNCC2)cn1.CC(C)(C)OC=O. The molecule has 2 heterocycles. The van der Waals surface area contributed by atoms with E-state index in [0.29, 0.717) is 6.47 Å². The molecule has 0 aromatic carbocycles. The predicted molar refractivity (Wildman–Crippen MR) is 88.1 cm³/mol. The van der Waals surface area contributed by atoms with Crippen LogP contribution in [-0.4, -0.2) is 30.1 Å². The van der Waals surface area contributed by atoms with Crippen LogP contribution in [0.15, 0.2) is 22.9 Å². The van der Waals surface area contributed by atoms with E-state index in [2.05, 4.69) is 37.0 Å². The summed E-state index contributed by atoms with van der Waals surface area (Å²) in [6.45, 7) is 8.27.